The van der Waals surface area contributed by atoms with Gasteiger partial charge in [0, 0.05) is 22.9 Å². The molecule has 9 nitrogen and oxygen atoms in total. The molecule has 0 aliphatic carbocycles. The molecule has 0 saturated heterocycles. The molecular formula is C27H27N5O4S. The number of ether oxygens (including phenoxy) is 3. The molecule has 10 heteroatoms. The molecule has 3 aromatic carbocycles. The Morgan fingerprint density at radius 3 is 2.30 bits per heavy atom. The van der Waals surface area contributed by atoms with Gasteiger partial charge in [-0.05, 0) is 25.1 Å². The van der Waals surface area contributed by atoms with Crippen LogP contribution in [0.4, 0.5) is 0 Å². The Labute approximate surface area is 219 Å². The normalized spacial score (nSPS) is 10.9. The molecule has 0 aliphatic heterocycles. The third-order valence-corrected chi connectivity index (χ3v) is 6.35. The van der Waals surface area contributed by atoms with Gasteiger partial charge in [0.2, 0.25) is 0 Å². The van der Waals surface area contributed by atoms with Gasteiger partial charge in [0.15, 0.2) is 22.5 Å². The van der Waals surface area contributed by atoms with Crippen LogP contribution >= 0.6 is 11.8 Å². The van der Waals surface area contributed by atoms with Gasteiger partial charge in [-0.25, -0.2) is 5.43 Å². The van der Waals surface area contributed by atoms with E-state index in [0.717, 1.165) is 16.8 Å². The lowest BCUT2D eigenvalue weighted by Gasteiger charge is -2.11. The monoisotopic (exact) mass is 517 g/mol. The fourth-order valence-electron chi connectivity index (χ4n) is 3.55. The van der Waals surface area contributed by atoms with Gasteiger partial charge in [-0.15, -0.1) is 10.2 Å². The van der Waals surface area contributed by atoms with Gasteiger partial charge < -0.3 is 14.2 Å². The molecule has 0 unspecified atom stereocenters. The first-order valence-corrected chi connectivity index (χ1v) is 12.3. The van der Waals surface area contributed by atoms with Crippen molar-refractivity contribution in [2.45, 2.75) is 12.1 Å². The summed E-state index contributed by atoms with van der Waals surface area (Å²) in [7, 11) is 4.63. The Morgan fingerprint density at radius 1 is 0.946 bits per heavy atom. The van der Waals surface area contributed by atoms with E-state index in [1.165, 1.54) is 18.0 Å². The summed E-state index contributed by atoms with van der Waals surface area (Å²) in [6.45, 7) is 2.04. The largest absolute Gasteiger partial charge is 0.496 e. The van der Waals surface area contributed by atoms with Gasteiger partial charge >= 0.3 is 0 Å². The second-order valence-corrected chi connectivity index (χ2v) is 8.82. The number of aryl methyl sites for hydroxylation is 1. The highest BCUT2D eigenvalue weighted by molar-refractivity contribution is 7.99. The van der Waals surface area contributed by atoms with Crippen molar-refractivity contribution in [2.24, 2.45) is 5.10 Å². The van der Waals surface area contributed by atoms with Gasteiger partial charge in [-0.1, -0.05) is 59.8 Å². The van der Waals surface area contributed by atoms with Crippen LogP contribution in [0.15, 0.2) is 77.0 Å². The topological polar surface area (TPSA) is 99.9 Å². The van der Waals surface area contributed by atoms with Gasteiger partial charge in [0.05, 0.1) is 33.3 Å². The minimum Gasteiger partial charge on any atom is -0.496 e. The molecule has 0 aliphatic rings. The van der Waals surface area contributed by atoms with Crippen molar-refractivity contribution >= 4 is 23.9 Å². The molecular weight excluding hydrogens is 490 g/mol. The summed E-state index contributed by atoms with van der Waals surface area (Å²) in [6.07, 6.45) is 1.49. The molecule has 1 heterocycles. The van der Waals surface area contributed by atoms with Gasteiger partial charge in [0.25, 0.3) is 5.91 Å². The van der Waals surface area contributed by atoms with E-state index in [0.29, 0.717) is 33.8 Å². The van der Waals surface area contributed by atoms with Crippen LogP contribution in [0.3, 0.4) is 0 Å². The fourth-order valence-corrected chi connectivity index (χ4v) is 4.30. The van der Waals surface area contributed by atoms with E-state index < -0.39 is 0 Å². The minimum absolute atomic E-state index is 0.0965. The maximum atomic E-state index is 12.6. The quantitative estimate of drug-likeness (QED) is 0.188. The third kappa shape index (κ3) is 6.10. The Hall–Kier alpha value is -4.31. The number of rotatable bonds is 10. The number of hydrogen-bond acceptors (Lipinski definition) is 8. The Balaban J connectivity index is 1.48. The lowest BCUT2D eigenvalue weighted by atomic mass is 10.1. The zero-order valence-electron chi connectivity index (χ0n) is 21.0. The van der Waals surface area contributed by atoms with Crippen LogP contribution in [0.25, 0.3) is 17.1 Å². The van der Waals surface area contributed by atoms with Crippen LogP contribution in [-0.2, 0) is 4.79 Å². The number of methoxy groups -OCH3 is 3. The van der Waals surface area contributed by atoms with Crippen molar-refractivity contribution in [1.82, 2.24) is 20.2 Å². The van der Waals surface area contributed by atoms with Crippen LogP contribution in [0.2, 0.25) is 0 Å². The van der Waals surface area contributed by atoms with E-state index in [4.69, 9.17) is 14.2 Å². The predicted octanol–water partition coefficient (Wildman–Crippen LogP) is 4.51. The maximum Gasteiger partial charge on any atom is 0.250 e. The number of hydrazone groups is 1. The Bertz CT molecular complexity index is 1390. The highest BCUT2D eigenvalue weighted by Crippen LogP contribution is 2.34. The first kappa shape index (κ1) is 25.8. The van der Waals surface area contributed by atoms with E-state index in [9.17, 15) is 4.79 Å². The number of amides is 1. The summed E-state index contributed by atoms with van der Waals surface area (Å²) in [5, 5.41) is 13.5. The predicted molar refractivity (Wildman–Crippen MR) is 144 cm³/mol. The first-order valence-electron chi connectivity index (χ1n) is 11.4. The summed E-state index contributed by atoms with van der Waals surface area (Å²) >= 11 is 1.28. The number of thioether (sulfide) groups is 1. The standard InChI is InChI=1S/C27H27N5O4S/c1-18-10-12-19(13-11-18)26-30-31-27(32(26)21-8-6-5-7-9-21)37-17-25(33)29-28-16-20-14-23(35-3)24(36-4)15-22(20)34-2/h5-16H,17H2,1-4H3,(H,29,33). The number of carbonyl (C=O) groups excluding carboxylic acids is 1. The molecule has 37 heavy (non-hydrogen) atoms. The van der Waals surface area contributed by atoms with Crippen molar-refractivity contribution in [3.63, 3.8) is 0 Å². The van der Waals surface area contributed by atoms with E-state index in [2.05, 4.69) is 20.7 Å². The third-order valence-electron chi connectivity index (χ3n) is 5.42. The second kappa shape index (κ2) is 12.1. The number of carbonyl (C=O) groups is 1. The van der Waals surface area contributed by atoms with Crippen LogP contribution in [-0.4, -0.2) is 54.0 Å². The second-order valence-electron chi connectivity index (χ2n) is 7.87. The fraction of sp³-hybridized carbons (Fsp3) is 0.185. The van der Waals surface area contributed by atoms with E-state index in [-0.39, 0.29) is 11.7 Å². The van der Waals surface area contributed by atoms with Crippen LogP contribution in [0.1, 0.15) is 11.1 Å². The Kier molecular flexibility index (Phi) is 8.42. The van der Waals surface area contributed by atoms with Crippen molar-refractivity contribution in [1.29, 1.82) is 0 Å². The number of benzene rings is 3. The van der Waals surface area contributed by atoms with Gasteiger partial charge in [-0.2, -0.15) is 5.10 Å². The molecule has 190 valence electrons. The molecule has 0 radical (unpaired) electrons. The summed E-state index contributed by atoms with van der Waals surface area (Å²) in [6, 6.07) is 21.3. The summed E-state index contributed by atoms with van der Waals surface area (Å²) < 4.78 is 18.0. The van der Waals surface area contributed by atoms with Crippen LogP contribution in [0, 0.1) is 6.92 Å². The molecule has 4 rings (SSSR count). The minimum atomic E-state index is -0.291. The van der Waals surface area contributed by atoms with Crippen molar-refractivity contribution in [2.75, 3.05) is 27.1 Å². The average molecular weight is 518 g/mol. The zero-order valence-corrected chi connectivity index (χ0v) is 21.8. The maximum absolute atomic E-state index is 12.6. The number of nitrogens with one attached hydrogen (secondary N) is 1. The molecule has 0 saturated carbocycles. The SMILES string of the molecule is COc1cc(OC)c(OC)cc1C=NNC(=O)CSc1nnc(-c2ccc(C)cc2)n1-c1ccccc1. The lowest BCUT2D eigenvalue weighted by Crippen LogP contribution is -2.20. The van der Waals surface area contributed by atoms with Crippen molar-refractivity contribution < 1.29 is 19.0 Å². The molecule has 0 bridgehead atoms. The van der Waals surface area contributed by atoms with Crippen LogP contribution < -0.4 is 19.6 Å². The molecule has 1 N–H and O–H groups in total. The number of hydrogen-bond donors (Lipinski definition) is 1. The van der Waals surface area contributed by atoms with Crippen molar-refractivity contribution in [3.8, 4) is 34.3 Å². The van der Waals surface area contributed by atoms with Crippen LogP contribution in [0.5, 0.6) is 17.2 Å². The highest BCUT2D eigenvalue weighted by Gasteiger charge is 2.17. The summed E-state index contributed by atoms with van der Waals surface area (Å²) in [5.41, 5.74) is 6.18. The lowest BCUT2D eigenvalue weighted by molar-refractivity contribution is -0.118. The molecule has 1 amide bonds. The highest BCUT2D eigenvalue weighted by atomic mass is 32.2. The number of para-hydroxylation sites is 1. The summed E-state index contributed by atoms with van der Waals surface area (Å²) in [5.74, 6) is 2.09. The molecule has 4 aromatic rings. The average Bonchev–Trinajstić information content (AvgIpc) is 3.36. The van der Waals surface area contributed by atoms with E-state index in [1.807, 2.05) is 66.1 Å². The number of nitrogens with zero attached hydrogens (tertiary/aromatic N) is 4. The smallest absolute Gasteiger partial charge is 0.250 e. The van der Waals surface area contributed by atoms with Gasteiger partial charge in [-0.3, -0.25) is 9.36 Å². The molecule has 0 atom stereocenters. The first-order chi connectivity index (χ1) is 18.0. The molecule has 0 spiro atoms. The van der Waals surface area contributed by atoms with Gasteiger partial charge in [0.1, 0.15) is 5.75 Å². The van der Waals surface area contributed by atoms with E-state index in [1.54, 1.807) is 33.5 Å². The Morgan fingerprint density at radius 2 is 1.62 bits per heavy atom. The molecule has 1 aromatic heterocycles. The summed E-state index contributed by atoms with van der Waals surface area (Å²) in [4.78, 5) is 12.6. The number of aromatic nitrogens is 3. The zero-order chi connectivity index (χ0) is 26.2. The van der Waals surface area contributed by atoms with E-state index >= 15 is 0 Å². The molecule has 0 fully saturated rings. The van der Waals surface area contributed by atoms with Crippen molar-refractivity contribution in [3.05, 3.63) is 77.9 Å².